The van der Waals surface area contributed by atoms with Crippen molar-refractivity contribution in [2.75, 3.05) is 26.2 Å². The molecule has 23 heavy (non-hydrogen) atoms. The molecule has 6 heteroatoms. The van der Waals surface area contributed by atoms with Crippen molar-refractivity contribution in [3.63, 3.8) is 0 Å². The smallest absolute Gasteiger partial charge is 0.238 e. The van der Waals surface area contributed by atoms with Crippen molar-refractivity contribution in [2.45, 2.75) is 57.9 Å². The molecule has 0 atom stereocenters. The summed E-state index contributed by atoms with van der Waals surface area (Å²) in [4.78, 5) is 40.3. The average Bonchev–Trinajstić information content (AvgIpc) is 3.37. The molecule has 0 bridgehead atoms. The Bertz CT molecular complexity index is 487. The first kappa shape index (κ1) is 16.3. The molecule has 0 aromatic heterocycles. The van der Waals surface area contributed by atoms with E-state index in [0.717, 1.165) is 12.8 Å². The Hall–Kier alpha value is -1.59. The van der Waals surface area contributed by atoms with Gasteiger partial charge in [-0.3, -0.25) is 14.4 Å². The number of piperazine rings is 1. The van der Waals surface area contributed by atoms with Crippen molar-refractivity contribution < 1.29 is 14.4 Å². The molecule has 2 aliphatic carbocycles. The first-order valence-electron chi connectivity index (χ1n) is 8.89. The Balaban J connectivity index is 1.56. The van der Waals surface area contributed by atoms with E-state index in [1.807, 2.05) is 0 Å². The van der Waals surface area contributed by atoms with Gasteiger partial charge in [-0.1, -0.05) is 19.3 Å². The lowest BCUT2D eigenvalue weighted by atomic mass is 9.94. The predicted molar refractivity (Wildman–Crippen MR) is 85.5 cm³/mol. The molecule has 2 saturated carbocycles. The van der Waals surface area contributed by atoms with Gasteiger partial charge in [-0.05, 0) is 25.7 Å². The number of hydrogen-bond donors (Lipinski definition) is 1. The molecule has 0 aromatic carbocycles. The lowest BCUT2D eigenvalue weighted by Crippen LogP contribution is -2.54. The third-order valence-corrected chi connectivity index (χ3v) is 5.55. The maximum atomic E-state index is 12.8. The lowest BCUT2D eigenvalue weighted by Gasteiger charge is -2.36. The molecule has 1 saturated heterocycles. The van der Waals surface area contributed by atoms with E-state index >= 15 is 0 Å². The van der Waals surface area contributed by atoms with Crippen molar-refractivity contribution in [2.24, 2.45) is 5.41 Å². The maximum Gasteiger partial charge on any atom is 0.238 e. The van der Waals surface area contributed by atoms with Gasteiger partial charge in [0, 0.05) is 39.1 Å². The van der Waals surface area contributed by atoms with E-state index in [1.165, 1.54) is 19.3 Å². The number of carbonyl (C=O) groups is 3. The molecule has 6 nitrogen and oxygen atoms in total. The van der Waals surface area contributed by atoms with E-state index in [4.69, 9.17) is 0 Å². The minimum absolute atomic E-state index is 0.0333. The molecule has 0 spiro atoms. The van der Waals surface area contributed by atoms with Crippen LogP contribution in [0.3, 0.4) is 0 Å². The number of amides is 3. The molecule has 128 valence electrons. The van der Waals surface area contributed by atoms with Crippen molar-refractivity contribution >= 4 is 17.7 Å². The van der Waals surface area contributed by atoms with E-state index in [-0.39, 0.29) is 23.8 Å². The minimum atomic E-state index is -0.810. The summed E-state index contributed by atoms with van der Waals surface area (Å²) >= 11 is 0. The van der Waals surface area contributed by atoms with Crippen molar-refractivity contribution in [1.82, 2.24) is 15.1 Å². The highest BCUT2D eigenvalue weighted by Gasteiger charge is 2.58. The van der Waals surface area contributed by atoms with Crippen molar-refractivity contribution in [3.8, 4) is 0 Å². The quantitative estimate of drug-likeness (QED) is 0.786. The fraction of sp³-hybridized carbons (Fsp3) is 0.824. The third-order valence-electron chi connectivity index (χ3n) is 5.55. The van der Waals surface area contributed by atoms with Crippen LogP contribution in [0.2, 0.25) is 0 Å². The zero-order valence-electron chi connectivity index (χ0n) is 14.0. The number of hydrogen-bond acceptors (Lipinski definition) is 3. The Labute approximate surface area is 137 Å². The zero-order valence-corrected chi connectivity index (χ0v) is 14.0. The Morgan fingerprint density at radius 2 is 1.48 bits per heavy atom. The second-order valence-electron chi connectivity index (χ2n) is 7.19. The van der Waals surface area contributed by atoms with Crippen molar-refractivity contribution in [3.05, 3.63) is 0 Å². The van der Waals surface area contributed by atoms with Gasteiger partial charge in [-0.2, -0.15) is 0 Å². The van der Waals surface area contributed by atoms with Gasteiger partial charge in [0.1, 0.15) is 5.41 Å². The highest BCUT2D eigenvalue weighted by molar-refractivity contribution is 6.08. The topological polar surface area (TPSA) is 69.7 Å². The Kier molecular flexibility index (Phi) is 4.60. The maximum absolute atomic E-state index is 12.8. The highest BCUT2D eigenvalue weighted by atomic mass is 16.2. The van der Waals surface area contributed by atoms with E-state index in [0.29, 0.717) is 39.0 Å². The van der Waals surface area contributed by atoms with Crippen LogP contribution >= 0.6 is 0 Å². The summed E-state index contributed by atoms with van der Waals surface area (Å²) in [7, 11) is 0. The molecule has 0 unspecified atom stereocenters. The molecular formula is C17H27N3O3. The van der Waals surface area contributed by atoms with Crippen LogP contribution in [0.25, 0.3) is 0 Å². The minimum Gasteiger partial charge on any atom is -0.352 e. The first-order chi connectivity index (χ1) is 11.0. The van der Waals surface area contributed by atoms with Gasteiger partial charge in [-0.25, -0.2) is 0 Å². The molecule has 0 aromatic rings. The summed E-state index contributed by atoms with van der Waals surface area (Å²) in [6.45, 7) is 3.77. The molecule has 3 fully saturated rings. The van der Waals surface area contributed by atoms with Crippen LogP contribution in [-0.4, -0.2) is 59.7 Å². The zero-order chi connectivity index (χ0) is 16.4. The van der Waals surface area contributed by atoms with E-state index in [2.05, 4.69) is 5.32 Å². The van der Waals surface area contributed by atoms with Gasteiger partial charge >= 0.3 is 0 Å². The summed E-state index contributed by atoms with van der Waals surface area (Å²) in [5, 5.41) is 3.12. The first-order valence-corrected chi connectivity index (χ1v) is 8.89. The normalized spacial score (nSPS) is 24.2. The van der Waals surface area contributed by atoms with Gasteiger partial charge < -0.3 is 15.1 Å². The summed E-state index contributed by atoms with van der Waals surface area (Å²) in [6.07, 6.45) is 6.98. The van der Waals surface area contributed by atoms with Crippen LogP contribution in [0.4, 0.5) is 0 Å². The Morgan fingerprint density at radius 1 is 0.913 bits per heavy atom. The molecule has 3 aliphatic rings. The summed E-state index contributed by atoms with van der Waals surface area (Å²) in [5.41, 5.74) is -0.810. The highest BCUT2D eigenvalue weighted by Crippen LogP contribution is 2.48. The number of nitrogens with zero attached hydrogens (tertiary/aromatic N) is 2. The molecule has 3 amide bonds. The van der Waals surface area contributed by atoms with Crippen LogP contribution < -0.4 is 5.32 Å². The van der Waals surface area contributed by atoms with E-state index in [1.54, 1.807) is 16.7 Å². The molecule has 1 heterocycles. The largest absolute Gasteiger partial charge is 0.352 e. The van der Waals surface area contributed by atoms with Crippen LogP contribution in [0.1, 0.15) is 51.9 Å². The fourth-order valence-corrected chi connectivity index (χ4v) is 3.76. The number of carbonyl (C=O) groups excluding carboxylic acids is 3. The van der Waals surface area contributed by atoms with Crippen LogP contribution in [0, 0.1) is 5.41 Å². The second kappa shape index (κ2) is 6.49. The lowest BCUT2D eigenvalue weighted by molar-refractivity contribution is -0.148. The fourth-order valence-electron chi connectivity index (χ4n) is 3.76. The summed E-state index contributed by atoms with van der Waals surface area (Å²) in [6, 6.07) is 0.246. The number of nitrogens with one attached hydrogen (secondary N) is 1. The van der Waals surface area contributed by atoms with Crippen LogP contribution in [-0.2, 0) is 14.4 Å². The van der Waals surface area contributed by atoms with E-state index in [9.17, 15) is 14.4 Å². The second-order valence-corrected chi connectivity index (χ2v) is 7.19. The molecule has 1 aliphatic heterocycles. The van der Waals surface area contributed by atoms with Gasteiger partial charge in [-0.15, -0.1) is 0 Å². The standard InChI is InChI=1S/C17H27N3O3/c1-13(21)19-9-11-20(12-10-19)16(23)17(7-8-17)15(22)18-14-5-3-2-4-6-14/h14H,2-12H2,1H3,(H,18,22). The SMILES string of the molecule is CC(=O)N1CCN(C(=O)C2(C(=O)NC3CCCCC3)CC2)CC1. The molecular weight excluding hydrogens is 294 g/mol. The van der Waals surface area contributed by atoms with Gasteiger partial charge in [0.25, 0.3) is 0 Å². The molecule has 0 radical (unpaired) electrons. The average molecular weight is 321 g/mol. The monoisotopic (exact) mass is 321 g/mol. The molecule has 3 rings (SSSR count). The summed E-state index contributed by atoms with van der Waals surface area (Å²) in [5.74, 6) is -0.0503. The van der Waals surface area contributed by atoms with Crippen LogP contribution in [0.15, 0.2) is 0 Å². The van der Waals surface area contributed by atoms with Gasteiger partial charge in [0.2, 0.25) is 17.7 Å². The van der Waals surface area contributed by atoms with Crippen LogP contribution in [0.5, 0.6) is 0 Å². The number of rotatable bonds is 3. The van der Waals surface area contributed by atoms with Gasteiger partial charge in [0.05, 0.1) is 0 Å². The van der Waals surface area contributed by atoms with E-state index < -0.39 is 5.41 Å². The van der Waals surface area contributed by atoms with Gasteiger partial charge in [0.15, 0.2) is 0 Å². The predicted octanol–water partition coefficient (Wildman–Crippen LogP) is 0.906. The molecule has 1 N–H and O–H groups in total. The Morgan fingerprint density at radius 3 is 2.00 bits per heavy atom. The van der Waals surface area contributed by atoms with Crippen molar-refractivity contribution in [1.29, 1.82) is 0 Å². The third kappa shape index (κ3) is 3.35. The summed E-state index contributed by atoms with van der Waals surface area (Å²) < 4.78 is 0.